The van der Waals surface area contributed by atoms with Gasteiger partial charge in [0.2, 0.25) is 0 Å². The fraction of sp³-hybridized carbons (Fsp3) is 0.211. The Kier molecular flexibility index (Phi) is 4.38. The van der Waals surface area contributed by atoms with Gasteiger partial charge in [-0.3, -0.25) is 4.79 Å². The van der Waals surface area contributed by atoms with Gasteiger partial charge in [-0.1, -0.05) is 18.2 Å². The van der Waals surface area contributed by atoms with Crippen molar-refractivity contribution < 1.29 is 25.2 Å². The molecule has 3 rings (SSSR count). The Hall–Kier alpha value is -2.63. The molecule has 1 aliphatic carbocycles. The maximum atomic E-state index is 11.9. The second-order valence-electron chi connectivity index (χ2n) is 5.96. The van der Waals surface area contributed by atoms with Crippen molar-refractivity contribution in [2.75, 3.05) is 0 Å². The molecule has 0 aromatic heterocycles. The molecule has 0 aliphatic heterocycles. The third kappa shape index (κ3) is 3.32. The minimum Gasteiger partial charge on any atom is -0.507 e. The zero-order chi connectivity index (χ0) is 17.3. The average molecular weight is 326 g/mol. The minimum absolute atomic E-state index is 0.00253. The molecular formula is C19H18O5. The topological polar surface area (TPSA) is 98.0 Å². The van der Waals surface area contributed by atoms with Crippen molar-refractivity contribution in [3.63, 3.8) is 0 Å². The molecule has 5 nitrogen and oxygen atoms in total. The highest BCUT2D eigenvalue weighted by Gasteiger charge is 2.17. The lowest BCUT2D eigenvalue weighted by Gasteiger charge is -2.12. The Morgan fingerprint density at radius 3 is 1.96 bits per heavy atom. The van der Waals surface area contributed by atoms with Gasteiger partial charge in [-0.2, -0.15) is 0 Å². The van der Waals surface area contributed by atoms with Crippen LogP contribution in [0.3, 0.4) is 0 Å². The molecule has 2 aromatic rings. The molecule has 2 atom stereocenters. The molecule has 4 bridgehead atoms. The van der Waals surface area contributed by atoms with Crippen LogP contribution in [0, 0.1) is 0 Å². The molecule has 5 heteroatoms. The van der Waals surface area contributed by atoms with E-state index in [4.69, 9.17) is 0 Å². The van der Waals surface area contributed by atoms with E-state index in [1.165, 1.54) is 24.3 Å². The van der Waals surface area contributed by atoms with Crippen molar-refractivity contribution in [1.82, 2.24) is 0 Å². The first-order valence-corrected chi connectivity index (χ1v) is 7.66. The van der Waals surface area contributed by atoms with Crippen LogP contribution in [-0.4, -0.2) is 38.4 Å². The minimum atomic E-state index is -1.23. The van der Waals surface area contributed by atoms with Gasteiger partial charge in [0.05, 0.1) is 6.10 Å². The van der Waals surface area contributed by atoms with Gasteiger partial charge in [-0.25, -0.2) is 0 Å². The molecule has 1 aliphatic rings. The van der Waals surface area contributed by atoms with E-state index in [2.05, 4.69) is 0 Å². The molecule has 0 spiro atoms. The Bertz CT molecular complexity index is 809. The maximum absolute atomic E-state index is 11.9. The van der Waals surface area contributed by atoms with E-state index in [-0.39, 0.29) is 24.3 Å². The van der Waals surface area contributed by atoms with Crippen molar-refractivity contribution in [2.45, 2.75) is 25.0 Å². The summed E-state index contributed by atoms with van der Waals surface area (Å²) >= 11 is 0. The normalized spacial score (nSPS) is 20.8. The van der Waals surface area contributed by atoms with E-state index in [1.807, 2.05) is 0 Å². The zero-order valence-corrected chi connectivity index (χ0v) is 12.9. The average Bonchev–Trinajstić information content (AvgIpc) is 2.56. The lowest BCUT2D eigenvalue weighted by molar-refractivity contribution is -0.122. The second kappa shape index (κ2) is 6.47. The highest BCUT2D eigenvalue weighted by molar-refractivity contribution is 5.93. The summed E-state index contributed by atoms with van der Waals surface area (Å²) < 4.78 is 0. The molecule has 0 saturated carbocycles. The van der Waals surface area contributed by atoms with Crippen LogP contribution in [0.15, 0.2) is 48.6 Å². The van der Waals surface area contributed by atoms with E-state index >= 15 is 0 Å². The van der Waals surface area contributed by atoms with Gasteiger partial charge in [0.25, 0.3) is 0 Å². The van der Waals surface area contributed by atoms with Crippen LogP contribution in [0.4, 0.5) is 0 Å². The Labute approximate surface area is 139 Å². The quantitative estimate of drug-likeness (QED) is 0.591. The first-order valence-electron chi connectivity index (χ1n) is 7.66. The summed E-state index contributed by atoms with van der Waals surface area (Å²) in [5.74, 6) is -0.499. The number of carbonyl (C=O) groups excluding carboxylic acids is 1. The lowest BCUT2D eigenvalue weighted by Crippen LogP contribution is -2.21. The molecule has 124 valence electrons. The summed E-state index contributed by atoms with van der Waals surface area (Å²) in [5, 5.41) is 40.3. The van der Waals surface area contributed by atoms with Crippen LogP contribution in [0.25, 0.3) is 11.1 Å². The third-order valence-corrected chi connectivity index (χ3v) is 4.10. The van der Waals surface area contributed by atoms with Crippen LogP contribution in [0.2, 0.25) is 0 Å². The van der Waals surface area contributed by atoms with Crippen LogP contribution in [0.5, 0.6) is 11.5 Å². The van der Waals surface area contributed by atoms with E-state index < -0.39 is 18.0 Å². The van der Waals surface area contributed by atoms with Crippen LogP contribution < -0.4 is 0 Å². The summed E-state index contributed by atoms with van der Waals surface area (Å²) in [5.41, 5.74) is 2.25. The summed E-state index contributed by atoms with van der Waals surface area (Å²) in [7, 11) is 0. The number of aromatic hydroxyl groups is 2. The number of aliphatic hydroxyl groups is 2. The molecule has 4 N–H and O–H groups in total. The Morgan fingerprint density at radius 1 is 0.833 bits per heavy atom. The smallest absolute Gasteiger partial charge is 0.184 e. The number of fused-ring (bicyclic) bond motifs is 5. The number of benzene rings is 2. The molecule has 0 radical (unpaired) electrons. The molecule has 2 aromatic carbocycles. The van der Waals surface area contributed by atoms with E-state index in [0.717, 1.165) is 5.56 Å². The predicted molar refractivity (Wildman–Crippen MR) is 88.8 cm³/mol. The van der Waals surface area contributed by atoms with Gasteiger partial charge in [-0.05, 0) is 41.5 Å². The SMILES string of the molecule is O=C1C=CC(O)Cc2ccc(O)c(c2)-c2cc(ccc2O)CC1O. The standard InChI is InChI=1S/C19H18O5/c20-13-3-6-18(23)19(24)10-12-2-5-17(22)15(9-12)14-8-11(7-13)1-4-16(14)21/h1-6,8-9,13,19-22,24H,7,10H2. The van der Waals surface area contributed by atoms with Crippen molar-refractivity contribution >= 4 is 5.78 Å². The number of hydrogen-bond acceptors (Lipinski definition) is 5. The summed E-state index contributed by atoms with van der Waals surface area (Å²) in [4.78, 5) is 11.9. The number of phenols is 2. The molecule has 2 unspecified atom stereocenters. The number of ketones is 1. The summed E-state index contributed by atoms with van der Waals surface area (Å²) in [6.07, 6.45) is 0.735. The number of phenolic OH excluding ortho intramolecular Hbond substituents is 2. The van der Waals surface area contributed by atoms with Crippen molar-refractivity contribution in [2.24, 2.45) is 0 Å². The molecule has 0 fully saturated rings. The molecule has 0 heterocycles. The highest BCUT2D eigenvalue weighted by atomic mass is 16.3. The number of rotatable bonds is 0. The third-order valence-electron chi connectivity index (χ3n) is 4.10. The molecule has 0 amide bonds. The summed E-state index contributed by atoms with van der Waals surface area (Å²) in [6, 6.07) is 9.61. The number of aliphatic hydroxyl groups excluding tert-OH is 2. The maximum Gasteiger partial charge on any atom is 0.184 e. The van der Waals surface area contributed by atoms with Gasteiger partial charge >= 0.3 is 0 Å². The zero-order valence-electron chi connectivity index (χ0n) is 12.9. The van der Waals surface area contributed by atoms with E-state index in [0.29, 0.717) is 16.7 Å². The predicted octanol–water partition coefficient (Wildman–Crippen LogP) is 1.71. The first kappa shape index (κ1) is 16.2. The van der Waals surface area contributed by atoms with Crippen LogP contribution >= 0.6 is 0 Å². The fourth-order valence-corrected chi connectivity index (χ4v) is 2.80. The second-order valence-corrected chi connectivity index (χ2v) is 5.96. The summed E-state index contributed by atoms with van der Waals surface area (Å²) in [6.45, 7) is 0. The monoisotopic (exact) mass is 326 g/mol. The van der Waals surface area contributed by atoms with Crippen molar-refractivity contribution in [1.29, 1.82) is 0 Å². The van der Waals surface area contributed by atoms with Crippen molar-refractivity contribution in [3.05, 3.63) is 59.7 Å². The van der Waals surface area contributed by atoms with Gasteiger partial charge < -0.3 is 20.4 Å². The largest absolute Gasteiger partial charge is 0.507 e. The molecular weight excluding hydrogens is 308 g/mol. The van der Waals surface area contributed by atoms with Gasteiger partial charge in [-0.15, -0.1) is 0 Å². The Morgan fingerprint density at radius 2 is 1.38 bits per heavy atom. The van der Waals surface area contributed by atoms with E-state index in [9.17, 15) is 25.2 Å². The van der Waals surface area contributed by atoms with Gasteiger partial charge in [0.1, 0.15) is 17.6 Å². The van der Waals surface area contributed by atoms with Gasteiger partial charge in [0, 0.05) is 24.0 Å². The fourth-order valence-electron chi connectivity index (χ4n) is 2.80. The number of hydrogen-bond donors (Lipinski definition) is 4. The van der Waals surface area contributed by atoms with E-state index in [1.54, 1.807) is 24.3 Å². The molecule has 0 saturated heterocycles. The Balaban J connectivity index is 2.16. The van der Waals surface area contributed by atoms with Gasteiger partial charge in [0.15, 0.2) is 5.78 Å². The number of carbonyl (C=O) groups is 1. The highest BCUT2D eigenvalue weighted by Crippen LogP contribution is 2.37. The lowest BCUT2D eigenvalue weighted by atomic mass is 9.96. The molecule has 24 heavy (non-hydrogen) atoms. The first-order chi connectivity index (χ1) is 11.4. The van der Waals surface area contributed by atoms with Crippen LogP contribution in [0.1, 0.15) is 11.1 Å². The van der Waals surface area contributed by atoms with Crippen LogP contribution in [-0.2, 0) is 17.6 Å². The van der Waals surface area contributed by atoms with Crippen molar-refractivity contribution in [3.8, 4) is 22.6 Å².